The summed E-state index contributed by atoms with van der Waals surface area (Å²) in [6.45, 7) is 8.16. The summed E-state index contributed by atoms with van der Waals surface area (Å²) in [7, 11) is 0. The maximum absolute atomic E-state index is 3.84. The third-order valence-corrected chi connectivity index (χ3v) is 2.29. The molecular formula is C12H17. The fraction of sp³-hybridized carbons (Fsp3) is 0.417. The zero-order valence-electron chi connectivity index (χ0n) is 8.06. The van der Waals surface area contributed by atoms with E-state index < -0.39 is 0 Å². The zero-order valence-corrected chi connectivity index (χ0v) is 8.06. The van der Waals surface area contributed by atoms with Crippen LogP contribution in [0, 0.1) is 20.8 Å². The second kappa shape index (κ2) is 4.30. The van der Waals surface area contributed by atoms with Crippen molar-refractivity contribution in [3.8, 4) is 0 Å². The van der Waals surface area contributed by atoms with Crippen LogP contribution in [0.5, 0.6) is 0 Å². The predicted molar refractivity (Wildman–Crippen MR) is 54.2 cm³/mol. The van der Waals surface area contributed by atoms with E-state index in [-0.39, 0.29) is 0 Å². The highest BCUT2D eigenvalue weighted by atomic mass is 14.0. The van der Waals surface area contributed by atoms with Crippen molar-refractivity contribution in [3.63, 3.8) is 0 Å². The third kappa shape index (κ3) is 2.37. The molecule has 0 aliphatic rings. The molecule has 0 saturated carbocycles. The van der Waals surface area contributed by atoms with Crippen LogP contribution in [0.3, 0.4) is 0 Å². The lowest BCUT2D eigenvalue weighted by molar-refractivity contribution is 0.839. The van der Waals surface area contributed by atoms with Crippen LogP contribution in [0.15, 0.2) is 18.2 Å². The average molecular weight is 161 g/mol. The normalized spacial score (nSPS) is 10.2. The molecule has 0 bridgehead atoms. The molecule has 0 fully saturated rings. The monoisotopic (exact) mass is 161 g/mol. The lowest BCUT2D eigenvalue weighted by atomic mass is 10.0. The highest BCUT2D eigenvalue weighted by molar-refractivity contribution is 5.29. The van der Waals surface area contributed by atoms with Gasteiger partial charge in [-0.05, 0) is 43.4 Å². The molecule has 0 unspecified atom stereocenters. The van der Waals surface area contributed by atoms with Crippen molar-refractivity contribution in [3.05, 3.63) is 41.8 Å². The van der Waals surface area contributed by atoms with Gasteiger partial charge in [-0.3, -0.25) is 0 Å². The van der Waals surface area contributed by atoms with E-state index in [2.05, 4.69) is 39.0 Å². The van der Waals surface area contributed by atoms with E-state index in [4.69, 9.17) is 0 Å². The number of aryl methyl sites for hydroxylation is 3. The van der Waals surface area contributed by atoms with Crippen LogP contribution < -0.4 is 0 Å². The molecule has 0 N–H and O–H groups in total. The molecule has 0 aromatic heterocycles. The number of hydrogen-bond donors (Lipinski definition) is 0. The number of rotatable bonds is 3. The Bertz CT molecular complexity index is 248. The van der Waals surface area contributed by atoms with Crippen molar-refractivity contribution in [1.29, 1.82) is 0 Å². The molecule has 0 saturated heterocycles. The lowest BCUT2D eigenvalue weighted by Crippen LogP contribution is -1.87. The van der Waals surface area contributed by atoms with Crippen molar-refractivity contribution in [2.45, 2.75) is 33.1 Å². The molecule has 0 nitrogen and oxygen atoms in total. The largest absolute Gasteiger partial charge is 0.0588 e. The van der Waals surface area contributed by atoms with Crippen molar-refractivity contribution >= 4 is 0 Å². The Hall–Kier alpha value is -0.780. The first-order valence-corrected chi connectivity index (χ1v) is 4.59. The van der Waals surface area contributed by atoms with E-state index in [1.54, 1.807) is 0 Å². The molecule has 1 aromatic carbocycles. The molecule has 1 radical (unpaired) electrons. The first-order chi connectivity index (χ1) is 5.74. The lowest BCUT2D eigenvalue weighted by Gasteiger charge is -2.03. The number of hydrogen-bond acceptors (Lipinski definition) is 0. The van der Waals surface area contributed by atoms with Crippen LogP contribution >= 0.6 is 0 Å². The summed E-state index contributed by atoms with van der Waals surface area (Å²) in [5.41, 5.74) is 4.23. The minimum Gasteiger partial charge on any atom is -0.0588 e. The summed E-state index contributed by atoms with van der Waals surface area (Å²) >= 11 is 0. The van der Waals surface area contributed by atoms with Crippen LogP contribution in [-0.4, -0.2) is 0 Å². The number of benzene rings is 1. The Morgan fingerprint density at radius 1 is 1.17 bits per heavy atom. The van der Waals surface area contributed by atoms with E-state index >= 15 is 0 Å². The summed E-state index contributed by atoms with van der Waals surface area (Å²) in [5.74, 6) is 0. The average Bonchev–Trinajstić information content (AvgIpc) is 2.07. The van der Waals surface area contributed by atoms with Gasteiger partial charge in [0.25, 0.3) is 0 Å². The molecule has 12 heavy (non-hydrogen) atoms. The topological polar surface area (TPSA) is 0 Å². The van der Waals surface area contributed by atoms with Gasteiger partial charge in [0.1, 0.15) is 0 Å². The smallest absolute Gasteiger partial charge is 0.0279 e. The van der Waals surface area contributed by atoms with E-state index in [0.29, 0.717) is 0 Å². The Morgan fingerprint density at radius 3 is 2.50 bits per heavy atom. The fourth-order valence-corrected chi connectivity index (χ4v) is 1.29. The van der Waals surface area contributed by atoms with Crippen LogP contribution in [0.1, 0.15) is 29.5 Å². The summed E-state index contributed by atoms with van der Waals surface area (Å²) in [5, 5.41) is 0. The SMILES string of the molecule is [CH2]CCCc1ccc(C)c(C)c1. The van der Waals surface area contributed by atoms with Crippen LogP contribution in [-0.2, 0) is 6.42 Å². The minimum atomic E-state index is 1.03. The van der Waals surface area contributed by atoms with Crippen molar-refractivity contribution in [2.24, 2.45) is 0 Å². The van der Waals surface area contributed by atoms with E-state index in [1.165, 1.54) is 29.5 Å². The molecule has 0 atom stereocenters. The third-order valence-electron chi connectivity index (χ3n) is 2.29. The molecule has 65 valence electrons. The summed E-state index contributed by atoms with van der Waals surface area (Å²) in [6.07, 6.45) is 3.40. The maximum Gasteiger partial charge on any atom is -0.0279 e. The zero-order chi connectivity index (χ0) is 8.97. The highest BCUT2D eigenvalue weighted by Crippen LogP contribution is 2.11. The van der Waals surface area contributed by atoms with Crippen molar-refractivity contribution < 1.29 is 0 Å². The molecule has 0 amide bonds. The highest BCUT2D eigenvalue weighted by Gasteiger charge is 1.95. The van der Waals surface area contributed by atoms with Gasteiger partial charge in [0.2, 0.25) is 0 Å². The summed E-state index contributed by atoms with van der Waals surface area (Å²) < 4.78 is 0. The van der Waals surface area contributed by atoms with E-state index in [9.17, 15) is 0 Å². The summed E-state index contributed by atoms with van der Waals surface area (Å²) in [6, 6.07) is 6.71. The number of unbranched alkanes of at least 4 members (excludes halogenated alkanes) is 1. The van der Waals surface area contributed by atoms with E-state index in [0.717, 1.165) is 6.42 Å². The van der Waals surface area contributed by atoms with Gasteiger partial charge in [-0.15, -0.1) is 0 Å². The van der Waals surface area contributed by atoms with Gasteiger partial charge < -0.3 is 0 Å². The van der Waals surface area contributed by atoms with Gasteiger partial charge in [0.05, 0.1) is 0 Å². The van der Waals surface area contributed by atoms with Crippen LogP contribution in [0.25, 0.3) is 0 Å². The first kappa shape index (κ1) is 9.31. The Balaban J connectivity index is 2.69. The standard InChI is InChI=1S/C12H17/c1-4-5-6-12-8-7-10(2)11(3)9-12/h7-9H,1,4-6H2,2-3H3. The quantitative estimate of drug-likeness (QED) is 0.637. The van der Waals surface area contributed by atoms with Crippen molar-refractivity contribution in [1.82, 2.24) is 0 Å². The van der Waals surface area contributed by atoms with Gasteiger partial charge in [-0.2, -0.15) is 0 Å². The van der Waals surface area contributed by atoms with E-state index in [1.807, 2.05) is 0 Å². The second-order valence-electron chi connectivity index (χ2n) is 3.38. The molecule has 0 aliphatic carbocycles. The predicted octanol–water partition coefficient (Wildman–Crippen LogP) is 3.46. The molecule has 0 heterocycles. The fourth-order valence-electron chi connectivity index (χ4n) is 1.29. The van der Waals surface area contributed by atoms with Gasteiger partial charge in [0.15, 0.2) is 0 Å². The second-order valence-corrected chi connectivity index (χ2v) is 3.38. The van der Waals surface area contributed by atoms with Gasteiger partial charge in [-0.25, -0.2) is 0 Å². The van der Waals surface area contributed by atoms with Crippen molar-refractivity contribution in [2.75, 3.05) is 0 Å². The Morgan fingerprint density at radius 2 is 1.92 bits per heavy atom. The van der Waals surface area contributed by atoms with Gasteiger partial charge >= 0.3 is 0 Å². The first-order valence-electron chi connectivity index (χ1n) is 4.59. The van der Waals surface area contributed by atoms with Gasteiger partial charge in [0, 0.05) is 0 Å². The van der Waals surface area contributed by atoms with Crippen LogP contribution in [0.2, 0.25) is 0 Å². The van der Waals surface area contributed by atoms with Gasteiger partial charge in [-0.1, -0.05) is 31.5 Å². The molecule has 0 aliphatic heterocycles. The summed E-state index contributed by atoms with van der Waals surface area (Å²) in [4.78, 5) is 0. The maximum atomic E-state index is 3.84. The molecule has 1 rings (SSSR count). The Labute approximate surface area is 75.6 Å². The minimum absolute atomic E-state index is 1.03. The molecule has 1 aromatic rings. The molecular weight excluding hydrogens is 144 g/mol. The Kier molecular flexibility index (Phi) is 3.33. The molecule has 0 heteroatoms. The van der Waals surface area contributed by atoms with Crippen LogP contribution in [0.4, 0.5) is 0 Å². The molecule has 0 spiro atoms.